The fourth-order valence-electron chi connectivity index (χ4n) is 2.69. The highest BCUT2D eigenvalue weighted by Gasteiger charge is 2.18. The predicted molar refractivity (Wildman–Crippen MR) is 102 cm³/mol. The molecular formula is C21H26N2O3. The summed E-state index contributed by atoms with van der Waals surface area (Å²) >= 11 is 0. The molecule has 26 heavy (non-hydrogen) atoms. The molecule has 138 valence electrons. The van der Waals surface area contributed by atoms with Crippen molar-refractivity contribution < 1.29 is 14.3 Å². The maximum atomic E-state index is 12.0. The largest absolute Gasteiger partial charge is 0.484 e. The van der Waals surface area contributed by atoms with Crippen molar-refractivity contribution in [2.24, 2.45) is 0 Å². The Hall–Kier alpha value is -2.82. The van der Waals surface area contributed by atoms with Crippen LogP contribution in [0.25, 0.3) is 0 Å². The molecule has 1 N–H and O–H groups in total. The zero-order chi connectivity index (χ0) is 18.9. The topological polar surface area (TPSA) is 58.6 Å². The van der Waals surface area contributed by atoms with E-state index in [1.807, 2.05) is 68.4 Å². The molecule has 2 rings (SSSR count). The number of amides is 2. The first-order chi connectivity index (χ1) is 12.5. The van der Waals surface area contributed by atoms with Gasteiger partial charge in [-0.25, -0.2) is 0 Å². The third-order valence-corrected chi connectivity index (χ3v) is 4.22. The highest BCUT2D eigenvalue weighted by atomic mass is 16.5. The molecule has 0 fully saturated rings. The van der Waals surface area contributed by atoms with E-state index < -0.39 is 0 Å². The van der Waals surface area contributed by atoms with Crippen LogP contribution in [0.1, 0.15) is 31.0 Å². The lowest BCUT2D eigenvalue weighted by Crippen LogP contribution is -2.40. The summed E-state index contributed by atoms with van der Waals surface area (Å²) in [5.41, 5.74) is 2.20. The molecule has 2 aromatic rings. The molecule has 0 aliphatic heterocycles. The van der Waals surface area contributed by atoms with Crippen LogP contribution in [0.4, 0.5) is 0 Å². The minimum Gasteiger partial charge on any atom is -0.484 e. The molecule has 0 radical (unpaired) electrons. The van der Waals surface area contributed by atoms with Gasteiger partial charge in [0.1, 0.15) is 5.75 Å². The van der Waals surface area contributed by atoms with Gasteiger partial charge in [0.2, 0.25) is 5.91 Å². The van der Waals surface area contributed by atoms with E-state index >= 15 is 0 Å². The number of rotatable bonds is 8. The molecular weight excluding hydrogens is 328 g/mol. The number of hydrogen-bond acceptors (Lipinski definition) is 3. The average molecular weight is 354 g/mol. The van der Waals surface area contributed by atoms with E-state index in [1.165, 1.54) is 0 Å². The first-order valence-electron chi connectivity index (χ1n) is 8.75. The van der Waals surface area contributed by atoms with Gasteiger partial charge in [0.15, 0.2) is 6.61 Å². The molecule has 0 aliphatic carbocycles. The average Bonchev–Trinajstić information content (AvgIpc) is 2.64. The number of ether oxygens (including phenoxy) is 1. The fraction of sp³-hybridized carbons (Fsp3) is 0.333. The number of nitrogens with one attached hydrogen (secondary N) is 1. The molecule has 2 amide bonds. The Labute approximate surface area is 155 Å². The predicted octanol–water partition coefficient (Wildman–Crippen LogP) is 3.10. The van der Waals surface area contributed by atoms with Crippen LogP contribution in [-0.2, 0) is 9.59 Å². The molecule has 0 aliphatic rings. The van der Waals surface area contributed by atoms with E-state index in [0.717, 1.165) is 11.1 Å². The summed E-state index contributed by atoms with van der Waals surface area (Å²) < 4.78 is 5.45. The Kier molecular flexibility index (Phi) is 7.21. The summed E-state index contributed by atoms with van der Waals surface area (Å²) in [4.78, 5) is 25.6. The molecule has 0 aromatic heterocycles. The maximum absolute atomic E-state index is 12.0. The van der Waals surface area contributed by atoms with Crippen LogP contribution in [0.5, 0.6) is 5.75 Å². The molecule has 1 unspecified atom stereocenters. The second-order valence-electron chi connectivity index (χ2n) is 6.25. The van der Waals surface area contributed by atoms with Crippen LogP contribution < -0.4 is 10.1 Å². The molecule has 0 spiro atoms. The number of benzene rings is 2. The highest BCUT2D eigenvalue weighted by Crippen LogP contribution is 2.19. The Morgan fingerprint density at radius 1 is 1.08 bits per heavy atom. The summed E-state index contributed by atoms with van der Waals surface area (Å²) in [6, 6.07) is 17.3. The van der Waals surface area contributed by atoms with Gasteiger partial charge in [-0.2, -0.15) is 0 Å². The van der Waals surface area contributed by atoms with Crippen molar-refractivity contribution in [3.05, 3.63) is 65.7 Å². The van der Waals surface area contributed by atoms with E-state index in [2.05, 4.69) is 5.32 Å². The van der Waals surface area contributed by atoms with Crippen LogP contribution in [0.3, 0.4) is 0 Å². The van der Waals surface area contributed by atoms with Crippen molar-refractivity contribution in [1.82, 2.24) is 10.2 Å². The molecule has 5 nitrogen and oxygen atoms in total. The SMILES string of the molecule is CC(=O)N(CCNC(=O)COc1ccc(C)cc1)C(C)c1ccccc1. The maximum Gasteiger partial charge on any atom is 0.258 e. The van der Waals surface area contributed by atoms with E-state index in [0.29, 0.717) is 18.8 Å². The summed E-state index contributed by atoms with van der Waals surface area (Å²) in [7, 11) is 0. The second-order valence-corrected chi connectivity index (χ2v) is 6.25. The minimum absolute atomic E-state index is 0.0218. The van der Waals surface area contributed by atoms with Crippen molar-refractivity contribution >= 4 is 11.8 Å². The van der Waals surface area contributed by atoms with Crippen LogP contribution in [-0.4, -0.2) is 36.4 Å². The molecule has 5 heteroatoms. The molecule has 0 bridgehead atoms. The highest BCUT2D eigenvalue weighted by molar-refractivity contribution is 5.77. The van der Waals surface area contributed by atoms with Crippen molar-refractivity contribution in [3.63, 3.8) is 0 Å². The summed E-state index contributed by atoms with van der Waals surface area (Å²) in [6.45, 7) is 6.31. The molecule has 2 aromatic carbocycles. The normalized spacial score (nSPS) is 11.5. The number of hydrogen-bond donors (Lipinski definition) is 1. The van der Waals surface area contributed by atoms with Gasteiger partial charge < -0.3 is 15.0 Å². The number of aryl methyl sites for hydroxylation is 1. The first kappa shape index (κ1) is 19.5. The van der Waals surface area contributed by atoms with Crippen LogP contribution in [0, 0.1) is 6.92 Å². The summed E-state index contributed by atoms with van der Waals surface area (Å²) in [5.74, 6) is 0.432. The third kappa shape index (κ3) is 5.92. The second kappa shape index (κ2) is 9.61. The quantitative estimate of drug-likeness (QED) is 0.792. The lowest BCUT2D eigenvalue weighted by atomic mass is 10.1. The van der Waals surface area contributed by atoms with Gasteiger partial charge in [0.25, 0.3) is 5.91 Å². The fourth-order valence-corrected chi connectivity index (χ4v) is 2.69. The Balaban J connectivity index is 1.79. The van der Waals surface area contributed by atoms with Gasteiger partial charge in [-0.05, 0) is 31.5 Å². The standard InChI is InChI=1S/C21H26N2O3/c1-16-9-11-20(12-10-16)26-15-21(25)22-13-14-23(18(3)24)17(2)19-7-5-4-6-8-19/h4-12,17H,13-15H2,1-3H3,(H,22,25). The molecule has 0 saturated carbocycles. The van der Waals surface area contributed by atoms with Crippen LogP contribution in [0.2, 0.25) is 0 Å². The molecule has 0 heterocycles. The van der Waals surface area contributed by atoms with Gasteiger partial charge in [-0.15, -0.1) is 0 Å². The molecule has 1 atom stereocenters. The van der Waals surface area contributed by atoms with Crippen molar-refractivity contribution in [2.75, 3.05) is 19.7 Å². The Morgan fingerprint density at radius 3 is 2.35 bits per heavy atom. The van der Waals surface area contributed by atoms with E-state index in [1.54, 1.807) is 11.8 Å². The monoisotopic (exact) mass is 354 g/mol. The summed E-state index contributed by atoms with van der Waals surface area (Å²) in [6.07, 6.45) is 0. The van der Waals surface area contributed by atoms with Crippen LogP contribution in [0.15, 0.2) is 54.6 Å². The van der Waals surface area contributed by atoms with Gasteiger partial charge in [-0.1, -0.05) is 48.0 Å². The summed E-state index contributed by atoms with van der Waals surface area (Å²) in [5, 5.41) is 2.80. The van der Waals surface area contributed by atoms with Crippen molar-refractivity contribution in [3.8, 4) is 5.75 Å². The Morgan fingerprint density at radius 2 is 1.73 bits per heavy atom. The van der Waals surface area contributed by atoms with Gasteiger partial charge in [-0.3, -0.25) is 9.59 Å². The van der Waals surface area contributed by atoms with E-state index in [4.69, 9.17) is 4.74 Å². The zero-order valence-corrected chi connectivity index (χ0v) is 15.6. The minimum atomic E-state index is -0.207. The van der Waals surface area contributed by atoms with Gasteiger partial charge >= 0.3 is 0 Å². The van der Waals surface area contributed by atoms with Crippen LogP contribution >= 0.6 is 0 Å². The van der Waals surface area contributed by atoms with Crippen molar-refractivity contribution in [1.29, 1.82) is 0 Å². The molecule has 0 saturated heterocycles. The Bertz CT molecular complexity index is 714. The number of nitrogens with zero attached hydrogens (tertiary/aromatic N) is 1. The smallest absolute Gasteiger partial charge is 0.258 e. The lowest BCUT2D eigenvalue weighted by Gasteiger charge is -2.28. The first-order valence-corrected chi connectivity index (χ1v) is 8.75. The van der Waals surface area contributed by atoms with E-state index in [-0.39, 0.29) is 24.5 Å². The van der Waals surface area contributed by atoms with Gasteiger partial charge in [0.05, 0.1) is 6.04 Å². The number of carbonyl (C=O) groups excluding carboxylic acids is 2. The van der Waals surface area contributed by atoms with Gasteiger partial charge in [0, 0.05) is 20.0 Å². The van der Waals surface area contributed by atoms with E-state index in [9.17, 15) is 9.59 Å². The van der Waals surface area contributed by atoms with Crippen molar-refractivity contribution in [2.45, 2.75) is 26.8 Å². The zero-order valence-electron chi connectivity index (χ0n) is 15.6. The number of carbonyl (C=O) groups is 2. The third-order valence-electron chi connectivity index (χ3n) is 4.22. The lowest BCUT2D eigenvalue weighted by molar-refractivity contribution is -0.131.